The van der Waals surface area contributed by atoms with Gasteiger partial charge in [-0.1, -0.05) is 6.07 Å². The molecular weight excluding hydrogens is 248 g/mol. The first-order valence-corrected chi connectivity index (χ1v) is 7.81. The van der Waals surface area contributed by atoms with Crippen molar-refractivity contribution in [3.8, 4) is 0 Å². The molecular formula is C16H22N4. The van der Waals surface area contributed by atoms with Gasteiger partial charge in [-0.05, 0) is 56.8 Å². The highest BCUT2D eigenvalue weighted by atomic mass is 15.3. The second-order valence-corrected chi connectivity index (χ2v) is 6.12. The summed E-state index contributed by atoms with van der Waals surface area (Å²) in [4.78, 5) is 7.04. The van der Waals surface area contributed by atoms with Crippen LogP contribution in [0.1, 0.15) is 25.7 Å². The third kappa shape index (κ3) is 2.29. The zero-order valence-electron chi connectivity index (χ0n) is 11.8. The van der Waals surface area contributed by atoms with Crippen LogP contribution in [-0.4, -0.2) is 35.1 Å². The van der Waals surface area contributed by atoms with E-state index >= 15 is 0 Å². The number of nitrogens with zero attached hydrogens (tertiary/aromatic N) is 3. The molecule has 4 rings (SSSR count). The van der Waals surface area contributed by atoms with Crippen molar-refractivity contribution in [2.24, 2.45) is 5.92 Å². The number of fused-ring (bicyclic) bond motifs is 1. The predicted octanol–water partition coefficient (Wildman–Crippen LogP) is 2.30. The molecule has 0 bridgehead atoms. The van der Waals surface area contributed by atoms with Gasteiger partial charge in [0.05, 0.1) is 0 Å². The number of piperidine rings is 1. The SMILES string of the molecule is c1cc(N(CC2CCNCC2)C2CC2)n2ccnc2c1. The summed E-state index contributed by atoms with van der Waals surface area (Å²) >= 11 is 0. The van der Waals surface area contributed by atoms with Crippen LogP contribution in [0.15, 0.2) is 30.6 Å². The molecule has 1 saturated heterocycles. The lowest BCUT2D eigenvalue weighted by Crippen LogP contribution is -2.38. The van der Waals surface area contributed by atoms with Crippen LogP contribution >= 0.6 is 0 Å². The Kier molecular flexibility index (Phi) is 3.11. The fourth-order valence-corrected chi connectivity index (χ4v) is 3.32. The standard InChI is InChI=1S/C16H22N4/c1-2-15-18-10-11-19(15)16(3-1)20(14-4-5-14)12-13-6-8-17-9-7-13/h1-3,10-11,13-14,17H,4-9,12H2. The van der Waals surface area contributed by atoms with Gasteiger partial charge in [0.15, 0.2) is 0 Å². The molecule has 20 heavy (non-hydrogen) atoms. The molecule has 0 aromatic carbocycles. The Labute approximate surface area is 119 Å². The van der Waals surface area contributed by atoms with E-state index in [-0.39, 0.29) is 0 Å². The van der Waals surface area contributed by atoms with E-state index in [0.29, 0.717) is 0 Å². The topological polar surface area (TPSA) is 32.6 Å². The zero-order chi connectivity index (χ0) is 13.4. The summed E-state index contributed by atoms with van der Waals surface area (Å²) in [5, 5.41) is 3.46. The van der Waals surface area contributed by atoms with Crippen LogP contribution < -0.4 is 10.2 Å². The van der Waals surface area contributed by atoms with Crippen molar-refractivity contribution in [2.45, 2.75) is 31.7 Å². The van der Waals surface area contributed by atoms with Crippen molar-refractivity contribution >= 4 is 11.5 Å². The van der Waals surface area contributed by atoms with E-state index in [1.54, 1.807) is 0 Å². The Morgan fingerprint density at radius 3 is 2.85 bits per heavy atom. The van der Waals surface area contributed by atoms with Crippen LogP contribution in [0.5, 0.6) is 0 Å². The quantitative estimate of drug-likeness (QED) is 0.925. The van der Waals surface area contributed by atoms with E-state index in [1.165, 1.54) is 51.1 Å². The molecule has 2 aliphatic rings. The maximum absolute atomic E-state index is 4.41. The Morgan fingerprint density at radius 2 is 2.05 bits per heavy atom. The monoisotopic (exact) mass is 270 g/mol. The average molecular weight is 270 g/mol. The second-order valence-electron chi connectivity index (χ2n) is 6.12. The van der Waals surface area contributed by atoms with E-state index in [1.807, 2.05) is 6.20 Å². The number of rotatable bonds is 4. The lowest BCUT2D eigenvalue weighted by atomic mass is 9.97. The van der Waals surface area contributed by atoms with Crippen LogP contribution in [0, 0.1) is 5.92 Å². The first-order valence-electron chi connectivity index (χ1n) is 7.81. The molecule has 0 radical (unpaired) electrons. The molecule has 1 N–H and O–H groups in total. The van der Waals surface area contributed by atoms with E-state index < -0.39 is 0 Å². The van der Waals surface area contributed by atoms with Crippen LogP contribution in [0.2, 0.25) is 0 Å². The first kappa shape index (κ1) is 12.2. The van der Waals surface area contributed by atoms with E-state index in [4.69, 9.17) is 0 Å². The van der Waals surface area contributed by atoms with Crippen molar-refractivity contribution in [3.05, 3.63) is 30.6 Å². The number of nitrogens with one attached hydrogen (secondary N) is 1. The molecule has 0 atom stereocenters. The third-order valence-corrected chi connectivity index (χ3v) is 4.60. The smallest absolute Gasteiger partial charge is 0.138 e. The fourth-order valence-electron chi connectivity index (χ4n) is 3.32. The molecule has 3 heterocycles. The number of anilines is 1. The lowest BCUT2D eigenvalue weighted by Gasteiger charge is -2.32. The van der Waals surface area contributed by atoms with Crippen LogP contribution in [0.4, 0.5) is 5.82 Å². The molecule has 1 aliphatic carbocycles. The Hall–Kier alpha value is -1.55. The maximum atomic E-state index is 4.41. The zero-order valence-corrected chi connectivity index (χ0v) is 11.8. The number of aromatic nitrogens is 2. The molecule has 2 aromatic heterocycles. The van der Waals surface area contributed by atoms with Crippen LogP contribution in [-0.2, 0) is 0 Å². The van der Waals surface area contributed by atoms with Gasteiger partial charge in [-0.15, -0.1) is 0 Å². The van der Waals surface area contributed by atoms with E-state index in [2.05, 4.69) is 44.0 Å². The van der Waals surface area contributed by atoms with Gasteiger partial charge in [-0.2, -0.15) is 0 Å². The minimum Gasteiger partial charge on any atom is -0.354 e. The third-order valence-electron chi connectivity index (χ3n) is 4.60. The summed E-state index contributed by atoms with van der Waals surface area (Å²) in [7, 11) is 0. The Balaban J connectivity index is 1.63. The van der Waals surface area contributed by atoms with Gasteiger partial charge < -0.3 is 10.2 Å². The number of hydrogen-bond donors (Lipinski definition) is 1. The van der Waals surface area contributed by atoms with Crippen LogP contribution in [0.3, 0.4) is 0 Å². The second kappa shape index (κ2) is 5.09. The summed E-state index contributed by atoms with van der Waals surface area (Å²) in [5.41, 5.74) is 1.05. The number of imidazole rings is 1. The molecule has 0 unspecified atom stereocenters. The van der Waals surface area contributed by atoms with Crippen molar-refractivity contribution in [1.29, 1.82) is 0 Å². The molecule has 1 aliphatic heterocycles. The molecule has 4 heteroatoms. The summed E-state index contributed by atoms with van der Waals surface area (Å²) in [5.74, 6) is 2.15. The fraction of sp³-hybridized carbons (Fsp3) is 0.562. The largest absolute Gasteiger partial charge is 0.354 e. The molecule has 2 fully saturated rings. The first-order chi connectivity index (χ1) is 9.92. The number of hydrogen-bond acceptors (Lipinski definition) is 3. The van der Waals surface area contributed by atoms with Gasteiger partial charge in [0.25, 0.3) is 0 Å². The van der Waals surface area contributed by atoms with Gasteiger partial charge in [-0.25, -0.2) is 4.98 Å². The van der Waals surface area contributed by atoms with E-state index in [9.17, 15) is 0 Å². The molecule has 4 nitrogen and oxygen atoms in total. The van der Waals surface area contributed by atoms with Crippen molar-refractivity contribution in [2.75, 3.05) is 24.5 Å². The molecule has 0 amide bonds. The van der Waals surface area contributed by atoms with Gasteiger partial charge in [0.1, 0.15) is 11.5 Å². The summed E-state index contributed by atoms with van der Waals surface area (Å²) < 4.78 is 2.24. The number of pyridine rings is 1. The van der Waals surface area contributed by atoms with E-state index in [0.717, 1.165) is 17.6 Å². The van der Waals surface area contributed by atoms with Crippen molar-refractivity contribution in [1.82, 2.24) is 14.7 Å². The summed E-state index contributed by atoms with van der Waals surface area (Å²) in [6, 6.07) is 7.21. The Bertz CT molecular complexity index is 581. The summed E-state index contributed by atoms with van der Waals surface area (Å²) in [6.45, 7) is 3.56. The molecule has 2 aromatic rings. The highest BCUT2D eigenvalue weighted by Gasteiger charge is 2.32. The van der Waals surface area contributed by atoms with Crippen molar-refractivity contribution in [3.63, 3.8) is 0 Å². The van der Waals surface area contributed by atoms with Gasteiger partial charge in [-0.3, -0.25) is 4.40 Å². The minimum absolute atomic E-state index is 0.748. The summed E-state index contributed by atoms with van der Waals surface area (Å²) in [6.07, 6.45) is 9.29. The molecule has 106 valence electrons. The van der Waals surface area contributed by atoms with Gasteiger partial charge in [0, 0.05) is 25.0 Å². The van der Waals surface area contributed by atoms with Gasteiger partial charge >= 0.3 is 0 Å². The molecule has 0 spiro atoms. The minimum atomic E-state index is 0.748. The normalized spacial score (nSPS) is 20.4. The molecule has 1 saturated carbocycles. The predicted molar refractivity (Wildman–Crippen MR) is 81.2 cm³/mol. The van der Waals surface area contributed by atoms with Gasteiger partial charge in [0.2, 0.25) is 0 Å². The highest BCUT2D eigenvalue weighted by molar-refractivity contribution is 5.52. The van der Waals surface area contributed by atoms with Crippen LogP contribution in [0.25, 0.3) is 5.65 Å². The highest BCUT2D eigenvalue weighted by Crippen LogP contribution is 2.33. The lowest BCUT2D eigenvalue weighted by molar-refractivity contribution is 0.372. The Morgan fingerprint density at radius 1 is 1.20 bits per heavy atom. The maximum Gasteiger partial charge on any atom is 0.138 e. The van der Waals surface area contributed by atoms with Crippen molar-refractivity contribution < 1.29 is 0 Å². The average Bonchev–Trinajstić information content (AvgIpc) is 3.22.